The predicted molar refractivity (Wildman–Crippen MR) is 101 cm³/mol. The number of anilines is 1. The summed E-state index contributed by atoms with van der Waals surface area (Å²) in [5.41, 5.74) is 2.48. The number of urea groups is 1. The second kappa shape index (κ2) is 8.47. The Morgan fingerprint density at radius 3 is 2.62 bits per heavy atom. The van der Waals surface area contributed by atoms with Crippen LogP contribution >= 0.6 is 0 Å². The van der Waals surface area contributed by atoms with Crippen LogP contribution in [0.5, 0.6) is 0 Å². The van der Waals surface area contributed by atoms with E-state index in [1.165, 1.54) is 0 Å². The van der Waals surface area contributed by atoms with Crippen molar-refractivity contribution in [1.82, 2.24) is 15.2 Å². The van der Waals surface area contributed by atoms with E-state index in [2.05, 4.69) is 15.6 Å². The highest BCUT2D eigenvalue weighted by atomic mass is 16.2. The van der Waals surface area contributed by atoms with Crippen LogP contribution in [0.15, 0.2) is 48.8 Å². The molecule has 3 amide bonds. The highest BCUT2D eigenvalue weighted by molar-refractivity contribution is 5.94. The van der Waals surface area contributed by atoms with Gasteiger partial charge in [-0.1, -0.05) is 18.2 Å². The van der Waals surface area contributed by atoms with E-state index in [0.29, 0.717) is 31.1 Å². The van der Waals surface area contributed by atoms with Crippen molar-refractivity contribution in [2.24, 2.45) is 5.92 Å². The van der Waals surface area contributed by atoms with Crippen molar-refractivity contribution in [3.8, 4) is 0 Å². The normalized spacial score (nSPS) is 14.7. The molecule has 6 heteroatoms. The largest absolute Gasteiger partial charge is 0.339 e. The summed E-state index contributed by atoms with van der Waals surface area (Å²) in [5, 5.41) is 5.82. The Balaban J connectivity index is 1.42. The molecule has 2 N–H and O–H groups in total. The molecule has 1 fully saturated rings. The van der Waals surface area contributed by atoms with Gasteiger partial charge < -0.3 is 15.5 Å². The van der Waals surface area contributed by atoms with Crippen molar-refractivity contribution < 1.29 is 9.59 Å². The number of likely N-dealkylation sites (tertiary alicyclic amines) is 1. The maximum Gasteiger partial charge on any atom is 0.319 e. The molecule has 0 atom stereocenters. The molecular formula is C20H24N4O2. The molecule has 2 aromatic rings. The van der Waals surface area contributed by atoms with E-state index < -0.39 is 0 Å². The number of aryl methyl sites for hydroxylation is 1. The van der Waals surface area contributed by atoms with Crippen LogP contribution in [-0.2, 0) is 0 Å². The number of amides is 3. The summed E-state index contributed by atoms with van der Waals surface area (Å²) in [6.07, 6.45) is 5.04. The number of piperidine rings is 1. The van der Waals surface area contributed by atoms with Crippen LogP contribution in [0.2, 0.25) is 0 Å². The number of nitrogens with zero attached hydrogens (tertiary/aromatic N) is 2. The fourth-order valence-corrected chi connectivity index (χ4v) is 3.13. The Kier molecular flexibility index (Phi) is 5.84. The summed E-state index contributed by atoms with van der Waals surface area (Å²) in [5.74, 6) is 0.414. The Bertz CT molecular complexity index is 755. The molecule has 136 valence electrons. The molecule has 0 radical (unpaired) electrons. The summed E-state index contributed by atoms with van der Waals surface area (Å²) in [7, 11) is 0. The molecule has 1 aliphatic rings. The van der Waals surface area contributed by atoms with Gasteiger partial charge >= 0.3 is 6.03 Å². The number of carbonyl (C=O) groups excluding carboxylic acids is 2. The lowest BCUT2D eigenvalue weighted by atomic mass is 9.96. The minimum absolute atomic E-state index is 0.0294. The number of rotatable bonds is 4. The first-order valence-corrected chi connectivity index (χ1v) is 8.93. The molecule has 2 heterocycles. The van der Waals surface area contributed by atoms with E-state index in [0.717, 1.165) is 24.1 Å². The lowest BCUT2D eigenvalue weighted by Gasteiger charge is -2.32. The van der Waals surface area contributed by atoms with Crippen molar-refractivity contribution in [2.75, 3.05) is 25.0 Å². The van der Waals surface area contributed by atoms with E-state index in [9.17, 15) is 9.59 Å². The first-order valence-electron chi connectivity index (χ1n) is 8.93. The van der Waals surface area contributed by atoms with E-state index >= 15 is 0 Å². The quantitative estimate of drug-likeness (QED) is 0.888. The van der Waals surface area contributed by atoms with E-state index in [1.54, 1.807) is 24.5 Å². The van der Waals surface area contributed by atoms with Crippen LogP contribution in [0, 0.1) is 12.8 Å². The maximum absolute atomic E-state index is 12.4. The highest BCUT2D eigenvalue weighted by Gasteiger charge is 2.24. The van der Waals surface area contributed by atoms with Crippen molar-refractivity contribution in [2.45, 2.75) is 19.8 Å². The average Bonchev–Trinajstić information content (AvgIpc) is 2.69. The Labute approximate surface area is 153 Å². The summed E-state index contributed by atoms with van der Waals surface area (Å²) < 4.78 is 0. The van der Waals surface area contributed by atoms with Crippen LogP contribution in [0.1, 0.15) is 28.8 Å². The molecule has 0 bridgehead atoms. The topological polar surface area (TPSA) is 74.3 Å². The third kappa shape index (κ3) is 4.59. The number of hydrogen-bond donors (Lipinski definition) is 2. The second-order valence-corrected chi connectivity index (χ2v) is 6.63. The van der Waals surface area contributed by atoms with Crippen LogP contribution in [0.25, 0.3) is 0 Å². The maximum atomic E-state index is 12.4. The van der Waals surface area contributed by atoms with Gasteiger partial charge in [0.25, 0.3) is 5.91 Å². The Morgan fingerprint density at radius 1 is 1.15 bits per heavy atom. The monoisotopic (exact) mass is 352 g/mol. The van der Waals surface area contributed by atoms with Gasteiger partial charge in [0.05, 0.1) is 5.56 Å². The molecule has 1 aromatic carbocycles. The van der Waals surface area contributed by atoms with Gasteiger partial charge in [0.2, 0.25) is 0 Å². The predicted octanol–water partition coefficient (Wildman–Crippen LogP) is 3.06. The van der Waals surface area contributed by atoms with Gasteiger partial charge in [-0.3, -0.25) is 9.78 Å². The van der Waals surface area contributed by atoms with Gasteiger partial charge in [0.1, 0.15) is 0 Å². The van der Waals surface area contributed by atoms with Crippen molar-refractivity contribution in [3.63, 3.8) is 0 Å². The number of aromatic nitrogens is 1. The number of nitrogens with one attached hydrogen (secondary N) is 2. The molecule has 0 saturated carbocycles. The second-order valence-electron chi connectivity index (χ2n) is 6.63. The van der Waals surface area contributed by atoms with E-state index in [4.69, 9.17) is 0 Å². The summed E-state index contributed by atoms with van der Waals surface area (Å²) >= 11 is 0. The van der Waals surface area contributed by atoms with Crippen molar-refractivity contribution >= 4 is 17.6 Å². The van der Waals surface area contributed by atoms with Crippen LogP contribution < -0.4 is 10.6 Å². The zero-order valence-corrected chi connectivity index (χ0v) is 14.9. The Hall–Kier alpha value is -2.89. The molecule has 1 aliphatic heterocycles. The molecular weight excluding hydrogens is 328 g/mol. The minimum atomic E-state index is -0.187. The number of hydrogen-bond acceptors (Lipinski definition) is 3. The first kappa shape index (κ1) is 17.9. The van der Waals surface area contributed by atoms with Gasteiger partial charge in [-0.15, -0.1) is 0 Å². The molecule has 26 heavy (non-hydrogen) atoms. The lowest BCUT2D eigenvalue weighted by Crippen LogP contribution is -2.42. The molecule has 3 rings (SSSR count). The van der Waals surface area contributed by atoms with E-state index in [-0.39, 0.29) is 11.9 Å². The fraction of sp³-hybridized carbons (Fsp3) is 0.350. The van der Waals surface area contributed by atoms with Gasteiger partial charge in [0.15, 0.2) is 0 Å². The third-order valence-electron chi connectivity index (χ3n) is 4.75. The smallest absolute Gasteiger partial charge is 0.319 e. The molecule has 0 spiro atoms. The number of para-hydroxylation sites is 1. The fourth-order valence-electron chi connectivity index (χ4n) is 3.13. The molecule has 6 nitrogen and oxygen atoms in total. The molecule has 0 aliphatic carbocycles. The molecule has 1 aromatic heterocycles. The first-order chi connectivity index (χ1) is 12.6. The van der Waals surface area contributed by atoms with Gasteiger partial charge in [0, 0.05) is 37.7 Å². The Morgan fingerprint density at radius 2 is 1.92 bits per heavy atom. The highest BCUT2D eigenvalue weighted by Crippen LogP contribution is 2.18. The van der Waals surface area contributed by atoms with Crippen molar-refractivity contribution in [1.29, 1.82) is 0 Å². The van der Waals surface area contributed by atoms with Crippen molar-refractivity contribution in [3.05, 3.63) is 59.9 Å². The summed E-state index contributed by atoms with van der Waals surface area (Å²) in [4.78, 5) is 30.3. The zero-order chi connectivity index (χ0) is 18.4. The van der Waals surface area contributed by atoms with Gasteiger partial charge in [-0.25, -0.2) is 4.79 Å². The van der Waals surface area contributed by atoms with Gasteiger partial charge in [-0.05, 0) is 49.4 Å². The van der Waals surface area contributed by atoms with Crippen LogP contribution in [0.3, 0.4) is 0 Å². The molecule has 1 saturated heterocycles. The van der Waals surface area contributed by atoms with E-state index in [1.807, 2.05) is 36.1 Å². The molecule has 0 unspecified atom stereocenters. The lowest BCUT2D eigenvalue weighted by molar-refractivity contribution is 0.0690. The van der Waals surface area contributed by atoms with Gasteiger partial charge in [-0.2, -0.15) is 0 Å². The van der Waals surface area contributed by atoms with Crippen LogP contribution in [-0.4, -0.2) is 41.5 Å². The minimum Gasteiger partial charge on any atom is -0.339 e. The number of carbonyl (C=O) groups is 2. The SMILES string of the molecule is Cc1ccccc1NC(=O)NCC1CCN(C(=O)c2cccnc2)CC1. The summed E-state index contributed by atoms with van der Waals surface area (Å²) in [6, 6.07) is 11.1. The number of pyridine rings is 1. The standard InChI is InChI=1S/C20H24N4O2/c1-15-5-2-3-7-18(15)23-20(26)22-13-16-8-11-24(12-9-16)19(25)17-6-4-10-21-14-17/h2-7,10,14,16H,8-9,11-13H2,1H3,(H2,22,23,26). The summed E-state index contributed by atoms with van der Waals surface area (Å²) in [6.45, 7) is 4.00. The number of benzene rings is 1. The average molecular weight is 352 g/mol. The third-order valence-corrected chi connectivity index (χ3v) is 4.75. The van der Waals surface area contributed by atoms with Crippen LogP contribution in [0.4, 0.5) is 10.5 Å². The zero-order valence-electron chi connectivity index (χ0n) is 14.9.